The van der Waals surface area contributed by atoms with Crippen LogP contribution in [0.25, 0.3) is 15.9 Å². The summed E-state index contributed by atoms with van der Waals surface area (Å²) in [5, 5.41) is 13.4. The fraction of sp³-hybridized carbons (Fsp3) is 0. The molecule has 2 aromatic carbocycles. The second-order valence-electron chi connectivity index (χ2n) is 4.65. The van der Waals surface area contributed by atoms with E-state index >= 15 is 0 Å². The van der Waals surface area contributed by atoms with Crippen LogP contribution in [0.15, 0.2) is 48.8 Å². The van der Waals surface area contributed by atoms with E-state index in [-0.39, 0.29) is 0 Å². The number of halogens is 5. The van der Waals surface area contributed by atoms with E-state index in [1.807, 2.05) is 12.1 Å². The van der Waals surface area contributed by atoms with Gasteiger partial charge < -0.3 is 22.6 Å². The topological polar surface area (TPSA) is 66.0 Å². The van der Waals surface area contributed by atoms with E-state index in [0.717, 1.165) is 16.6 Å². The molecule has 3 rings (SSSR count). The fourth-order valence-corrected chi connectivity index (χ4v) is 2.10. The van der Waals surface area contributed by atoms with Crippen molar-refractivity contribution >= 4 is 47.0 Å². The summed E-state index contributed by atoms with van der Waals surface area (Å²) in [6, 6.07) is 12.5. The second-order valence-corrected chi connectivity index (χ2v) is 5.09. The van der Waals surface area contributed by atoms with E-state index in [4.69, 9.17) is 17.0 Å². The summed E-state index contributed by atoms with van der Waals surface area (Å²) < 4.78 is 39.0. The third-order valence-corrected chi connectivity index (χ3v) is 3.06. The summed E-state index contributed by atoms with van der Waals surface area (Å²) in [5.41, 5.74) is 2.03. The van der Waals surface area contributed by atoms with Crippen molar-refractivity contribution in [2.75, 3.05) is 5.32 Å². The molecule has 0 saturated heterocycles. The van der Waals surface area contributed by atoms with Crippen molar-refractivity contribution in [1.82, 2.24) is 9.97 Å². The largest absolute Gasteiger partial charge is 0.673 e. The van der Waals surface area contributed by atoms with Crippen LogP contribution in [0, 0.1) is 5.39 Å². The Labute approximate surface area is 144 Å². The Morgan fingerprint density at radius 1 is 1.04 bits per heavy atom. The monoisotopic (exact) mass is 369 g/mol. The lowest BCUT2D eigenvalue weighted by Gasteiger charge is -2.07. The first kappa shape index (κ1) is 18.4. The van der Waals surface area contributed by atoms with E-state index in [2.05, 4.69) is 20.3 Å². The van der Waals surface area contributed by atoms with Crippen molar-refractivity contribution in [3.63, 3.8) is 0 Å². The molecule has 3 aromatic rings. The molecule has 0 aliphatic rings. The molecule has 0 aliphatic heterocycles. The highest BCUT2D eigenvalue weighted by Gasteiger charge is 2.20. The third kappa shape index (κ3) is 5.89. The van der Waals surface area contributed by atoms with Crippen molar-refractivity contribution in [2.24, 2.45) is 0 Å². The predicted octanol–water partition coefficient (Wildman–Crippen LogP) is 5.81. The summed E-state index contributed by atoms with van der Waals surface area (Å²) in [6.07, 6.45) is 1.48. The lowest BCUT2D eigenvalue weighted by atomic mass is 10.2. The Hall–Kier alpha value is -2.93. The molecule has 0 saturated carbocycles. The van der Waals surface area contributed by atoms with Crippen LogP contribution in [0.5, 0.6) is 0 Å². The van der Waals surface area contributed by atoms with E-state index in [0.29, 0.717) is 16.5 Å². The molecule has 0 radical (unpaired) electrons. The van der Waals surface area contributed by atoms with Gasteiger partial charge in [-0.2, -0.15) is 0 Å². The van der Waals surface area contributed by atoms with Gasteiger partial charge in [-0.05, 0) is 24.3 Å². The van der Waals surface area contributed by atoms with Crippen LogP contribution in [0.1, 0.15) is 0 Å². The Balaban J connectivity index is 0.000000399. The molecule has 25 heavy (non-hydrogen) atoms. The zero-order valence-corrected chi connectivity index (χ0v) is 13.1. The highest BCUT2D eigenvalue weighted by molar-refractivity contribution is 6.50. The molecule has 0 spiro atoms. The second kappa shape index (κ2) is 7.76. The summed E-state index contributed by atoms with van der Waals surface area (Å²) in [5.74, 6) is 0.628. The minimum absolute atomic E-state index is 0.446. The molecule has 1 aromatic heterocycles. The molecule has 11 heteroatoms. The maximum absolute atomic E-state index is 9.75. The average molecular weight is 370 g/mol. The van der Waals surface area contributed by atoms with Gasteiger partial charge in [0.15, 0.2) is 4.98 Å². The minimum Gasteiger partial charge on any atom is -0.418 e. The minimum atomic E-state index is -6.00. The zero-order valence-electron chi connectivity index (χ0n) is 12.4. The Bertz CT molecular complexity index is 923. The van der Waals surface area contributed by atoms with Gasteiger partial charge in [0.05, 0.1) is 10.9 Å². The van der Waals surface area contributed by atoms with Gasteiger partial charge in [0.25, 0.3) is 0 Å². The fourth-order valence-electron chi connectivity index (χ4n) is 1.91. The normalized spacial score (nSPS) is 10.6. The number of hydrogen-bond acceptors (Lipinski definition) is 4. The van der Waals surface area contributed by atoms with Crippen LogP contribution in [-0.2, 0) is 0 Å². The first-order valence-corrected chi connectivity index (χ1v) is 7.14. The molecule has 0 amide bonds. The third-order valence-electron chi connectivity index (χ3n) is 2.82. The van der Waals surface area contributed by atoms with E-state index < -0.39 is 7.25 Å². The molecule has 1 heterocycles. The van der Waals surface area contributed by atoms with Crippen molar-refractivity contribution in [2.45, 2.75) is 0 Å². The molecule has 5 nitrogen and oxygen atoms in total. The number of hydrogen-bond donors (Lipinski definition) is 1. The van der Waals surface area contributed by atoms with Gasteiger partial charge in [-0.15, -0.1) is 0 Å². The summed E-state index contributed by atoms with van der Waals surface area (Å²) in [7, 11) is -6.00. The number of nitrogens with one attached hydrogen (secondary N) is 1. The number of nitrogens with zero attached hydrogens (tertiary/aromatic N) is 4. The lowest BCUT2D eigenvalue weighted by molar-refractivity contribution is 0.368. The molecule has 0 aliphatic carbocycles. The van der Waals surface area contributed by atoms with Gasteiger partial charge >= 0.3 is 12.9 Å². The van der Waals surface area contributed by atoms with Crippen molar-refractivity contribution < 1.29 is 17.3 Å². The number of aromatic nitrogens is 2. The van der Waals surface area contributed by atoms with Crippen molar-refractivity contribution in [3.8, 4) is 0 Å². The van der Waals surface area contributed by atoms with Crippen LogP contribution in [0.2, 0.25) is 5.02 Å². The quantitative estimate of drug-likeness (QED) is 0.351. The van der Waals surface area contributed by atoms with Gasteiger partial charge in [-0.3, -0.25) is 0 Å². The van der Waals surface area contributed by atoms with Gasteiger partial charge in [-0.25, -0.2) is 9.97 Å². The SMILES string of the molecule is F[B-](F)(F)F.N#[N+]c1ccc2ncnc(Nc3cccc(Cl)c3)c2c1. The summed E-state index contributed by atoms with van der Waals surface area (Å²) >= 11 is 5.96. The van der Waals surface area contributed by atoms with Crippen LogP contribution in [0.4, 0.5) is 34.5 Å². The molecule has 0 atom stereocenters. The van der Waals surface area contributed by atoms with Crippen LogP contribution >= 0.6 is 11.6 Å². The van der Waals surface area contributed by atoms with E-state index in [1.54, 1.807) is 30.3 Å². The smallest absolute Gasteiger partial charge is 0.418 e. The van der Waals surface area contributed by atoms with Gasteiger partial charge in [0, 0.05) is 22.8 Å². The number of benzene rings is 2. The molecule has 0 bridgehead atoms. The predicted molar refractivity (Wildman–Crippen MR) is 89.2 cm³/mol. The number of anilines is 2. The highest BCUT2D eigenvalue weighted by atomic mass is 35.5. The molecule has 0 unspecified atom stereocenters. The maximum Gasteiger partial charge on any atom is 0.673 e. The maximum atomic E-state index is 9.75. The lowest BCUT2D eigenvalue weighted by Crippen LogP contribution is -2.02. The van der Waals surface area contributed by atoms with E-state index in [9.17, 15) is 17.3 Å². The Morgan fingerprint density at radius 3 is 2.40 bits per heavy atom. The Kier molecular flexibility index (Phi) is 5.72. The van der Waals surface area contributed by atoms with Crippen LogP contribution in [0.3, 0.4) is 0 Å². The highest BCUT2D eigenvalue weighted by Crippen LogP contribution is 2.27. The molecule has 1 N–H and O–H groups in total. The van der Waals surface area contributed by atoms with Gasteiger partial charge in [0.1, 0.15) is 12.1 Å². The number of rotatable bonds is 2. The first-order valence-electron chi connectivity index (χ1n) is 6.76. The first-order chi connectivity index (χ1) is 11.8. The molecular weight excluding hydrogens is 360 g/mol. The zero-order chi connectivity index (χ0) is 18.4. The van der Waals surface area contributed by atoms with Crippen molar-refractivity contribution in [1.29, 1.82) is 5.39 Å². The van der Waals surface area contributed by atoms with E-state index in [1.165, 1.54) is 6.33 Å². The Morgan fingerprint density at radius 2 is 1.76 bits per heavy atom. The molecule has 0 fully saturated rings. The van der Waals surface area contributed by atoms with Crippen LogP contribution < -0.4 is 5.32 Å². The summed E-state index contributed by atoms with van der Waals surface area (Å²) in [4.78, 5) is 11.6. The van der Waals surface area contributed by atoms with Gasteiger partial charge in [-0.1, -0.05) is 17.7 Å². The summed E-state index contributed by atoms with van der Waals surface area (Å²) in [6.45, 7) is 0. The number of diazo groups is 1. The van der Waals surface area contributed by atoms with Crippen molar-refractivity contribution in [3.05, 3.63) is 58.8 Å². The van der Waals surface area contributed by atoms with Gasteiger partial charge in [0.2, 0.25) is 5.39 Å². The van der Waals surface area contributed by atoms with Crippen LogP contribution in [-0.4, -0.2) is 17.2 Å². The number of fused-ring (bicyclic) bond motifs is 1. The molecular formula is C14H9BClF4N5. The molecule has 128 valence electrons. The average Bonchev–Trinajstić information content (AvgIpc) is 2.53. The standard InChI is InChI=1S/C14H9ClN5.BF4/c15-9-2-1-3-10(6-9)19-14-12-7-11(20-16)4-5-13(12)17-8-18-14;2-1(3,4)5/h1-8H,(H,17,18,19);/q+1;-1.